The average molecular weight is 455 g/mol. The first-order valence-corrected chi connectivity index (χ1v) is 11.2. The van der Waals surface area contributed by atoms with Crippen LogP contribution in [-0.4, -0.2) is 93.6 Å². The molecule has 2 heterocycles. The molecule has 1 fully saturated rings. The fourth-order valence-electron chi connectivity index (χ4n) is 3.86. The number of carbonyl (C=O) groups is 2. The maximum atomic E-state index is 12.3. The van der Waals surface area contributed by atoms with E-state index >= 15 is 0 Å². The molecule has 1 atom stereocenters. The fourth-order valence-corrected chi connectivity index (χ4v) is 3.86. The van der Waals surface area contributed by atoms with Gasteiger partial charge in [-0.1, -0.05) is 6.07 Å². The van der Waals surface area contributed by atoms with Crippen molar-refractivity contribution in [2.24, 2.45) is 0 Å². The first kappa shape index (κ1) is 24.5. The minimum Gasteiger partial charge on any atom is -0.497 e. The predicted octanol–water partition coefficient (Wildman–Crippen LogP) is 0.748. The van der Waals surface area contributed by atoms with Crippen molar-refractivity contribution in [2.45, 2.75) is 6.04 Å². The molecule has 0 spiro atoms. The highest BCUT2D eigenvalue weighted by molar-refractivity contribution is 6.35. The second-order valence-corrected chi connectivity index (χ2v) is 8.29. The second kappa shape index (κ2) is 12.2. The van der Waals surface area contributed by atoms with Crippen LogP contribution in [0, 0.1) is 0 Å². The van der Waals surface area contributed by atoms with E-state index in [-0.39, 0.29) is 6.04 Å². The number of likely N-dealkylation sites (N-methyl/N-ethyl adjacent to an activating group) is 1. The number of rotatable bonds is 9. The van der Waals surface area contributed by atoms with Gasteiger partial charge in [0.05, 0.1) is 13.2 Å². The van der Waals surface area contributed by atoms with Crippen LogP contribution in [0.25, 0.3) is 0 Å². The van der Waals surface area contributed by atoms with Gasteiger partial charge in [0.25, 0.3) is 0 Å². The molecule has 3 rings (SSSR count). The summed E-state index contributed by atoms with van der Waals surface area (Å²) in [6.07, 6.45) is 3.56. The molecule has 1 aromatic heterocycles. The molecule has 178 valence electrons. The number of nitrogens with zero attached hydrogens (tertiary/aromatic N) is 4. The van der Waals surface area contributed by atoms with Gasteiger partial charge in [-0.3, -0.25) is 19.5 Å². The lowest BCUT2D eigenvalue weighted by molar-refractivity contribution is -0.139. The Balaban J connectivity index is 1.58. The molecule has 0 radical (unpaired) electrons. The number of piperazine rings is 1. The van der Waals surface area contributed by atoms with Crippen molar-refractivity contribution in [1.82, 2.24) is 25.4 Å². The lowest BCUT2D eigenvalue weighted by atomic mass is 10.1. The lowest BCUT2D eigenvalue weighted by Gasteiger charge is -2.40. The Labute approximate surface area is 195 Å². The van der Waals surface area contributed by atoms with Crippen LogP contribution in [0.5, 0.6) is 5.75 Å². The summed E-state index contributed by atoms with van der Waals surface area (Å²) in [4.78, 5) is 35.3. The number of amides is 2. The second-order valence-electron chi connectivity index (χ2n) is 8.29. The van der Waals surface area contributed by atoms with Gasteiger partial charge in [0.1, 0.15) is 5.75 Å². The number of benzene rings is 1. The highest BCUT2D eigenvalue weighted by atomic mass is 16.5. The van der Waals surface area contributed by atoms with E-state index in [4.69, 9.17) is 4.74 Å². The Hall–Kier alpha value is -3.17. The number of ether oxygens (including phenoxy) is 1. The van der Waals surface area contributed by atoms with Crippen LogP contribution in [0.15, 0.2) is 48.8 Å². The van der Waals surface area contributed by atoms with Gasteiger partial charge < -0.3 is 25.2 Å². The molecule has 0 unspecified atom stereocenters. The summed E-state index contributed by atoms with van der Waals surface area (Å²) < 4.78 is 5.25. The predicted molar refractivity (Wildman–Crippen MR) is 128 cm³/mol. The van der Waals surface area contributed by atoms with Crippen molar-refractivity contribution in [3.63, 3.8) is 0 Å². The van der Waals surface area contributed by atoms with Crippen LogP contribution >= 0.6 is 0 Å². The standard InChI is InChI=1S/C24H34N6O3/c1-28(2)12-11-26-23(31)24(32)27-18-22(19-5-4-10-25-17-19)30-15-13-29(14-16-30)20-6-8-21(33-3)9-7-20/h4-10,17,22H,11-16,18H2,1-3H3,(H,26,31)(H,27,32)/t22-/m0/s1. The summed E-state index contributed by atoms with van der Waals surface area (Å²) in [5, 5.41) is 5.47. The molecule has 0 bridgehead atoms. The number of hydrogen-bond donors (Lipinski definition) is 2. The highest BCUT2D eigenvalue weighted by Crippen LogP contribution is 2.25. The average Bonchev–Trinajstić information content (AvgIpc) is 2.85. The van der Waals surface area contributed by atoms with Crippen molar-refractivity contribution < 1.29 is 14.3 Å². The molecule has 1 aliphatic heterocycles. The minimum atomic E-state index is -0.612. The van der Waals surface area contributed by atoms with Crippen molar-refractivity contribution in [3.05, 3.63) is 54.4 Å². The number of pyridine rings is 1. The molecule has 1 aliphatic rings. The van der Waals surface area contributed by atoms with Crippen LogP contribution in [0.2, 0.25) is 0 Å². The topological polar surface area (TPSA) is 90.0 Å². The molecular weight excluding hydrogens is 420 g/mol. The monoisotopic (exact) mass is 454 g/mol. The number of aromatic nitrogens is 1. The van der Waals surface area contributed by atoms with E-state index in [1.165, 1.54) is 0 Å². The highest BCUT2D eigenvalue weighted by Gasteiger charge is 2.26. The Morgan fingerprint density at radius 1 is 1.06 bits per heavy atom. The van der Waals surface area contributed by atoms with E-state index < -0.39 is 11.8 Å². The van der Waals surface area contributed by atoms with E-state index in [2.05, 4.69) is 37.6 Å². The quantitative estimate of drug-likeness (QED) is 0.541. The molecule has 0 aliphatic carbocycles. The third-order valence-electron chi connectivity index (χ3n) is 5.77. The summed E-state index contributed by atoms with van der Waals surface area (Å²) in [5.41, 5.74) is 2.18. The summed E-state index contributed by atoms with van der Waals surface area (Å²) >= 11 is 0. The SMILES string of the molecule is COc1ccc(N2CCN([C@@H](CNC(=O)C(=O)NCCN(C)C)c3cccnc3)CC2)cc1. The summed E-state index contributed by atoms with van der Waals surface area (Å²) in [5.74, 6) is -0.374. The number of nitrogens with one attached hydrogen (secondary N) is 2. The largest absolute Gasteiger partial charge is 0.497 e. The van der Waals surface area contributed by atoms with E-state index in [1.54, 1.807) is 13.3 Å². The lowest BCUT2D eigenvalue weighted by Crippen LogP contribution is -2.51. The summed E-state index contributed by atoms with van der Waals surface area (Å²) in [7, 11) is 5.50. The number of carbonyl (C=O) groups excluding carboxylic acids is 2. The van der Waals surface area contributed by atoms with Gasteiger partial charge in [-0.05, 0) is 50.0 Å². The molecule has 9 heteroatoms. The maximum Gasteiger partial charge on any atom is 0.309 e. The zero-order chi connectivity index (χ0) is 23.6. The molecular formula is C24H34N6O3. The van der Waals surface area contributed by atoms with Crippen molar-refractivity contribution in [2.75, 3.05) is 71.9 Å². The van der Waals surface area contributed by atoms with E-state index in [0.29, 0.717) is 19.6 Å². The fraction of sp³-hybridized carbons (Fsp3) is 0.458. The smallest absolute Gasteiger partial charge is 0.309 e. The summed E-state index contributed by atoms with van der Waals surface area (Å²) in [6, 6.07) is 11.9. The van der Waals surface area contributed by atoms with Crippen LogP contribution in [0.1, 0.15) is 11.6 Å². The molecule has 33 heavy (non-hydrogen) atoms. The first-order valence-electron chi connectivity index (χ1n) is 11.2. The Morgan fingerprint density at radius 3 is 2.36 bits per heavy atom. The molecule has 1 saturated heterocycles. The van der Waals surface area contributed by atoms with Crippen molar-refractivity contribution >= 4 is 17.5 Å². The van der Waals surface area contributed by atoms with Crippen LogP contribution in [0.4, 0.5) is 5.69 Å². The minimum absolute atomic E-state index is 0.0600. The molecule has 1 aromatic carbocycles. The van der Waals surface area contributed by atoms with Gasteiger partial charge in [0.15, 0.2) is 0 Å². The van der Waals surface area contributed by atoms with Gasteiger partial charge in [-0.2, -0.15) is 0 Å². The molecule has 0 saturated carbocycles. The van der Waals surface area contributed by atoms with E-state index in [9.17, 15) is 9.59 Å². The van der Waals surface area contributed by atoms with Gasteiger partial charge in [0, 0.05) is 63.9 Å². The van der Waals surface area contributed by atoms with Crippen molar-refractivity contribution in [3.8, 4) is 5.75 Å². The summed E-state index contributed by atoms with van der Waals surface area (Å²) in [6.45, 7) is 4.83. The van der Waals surface area contributed by atoms with Gasteiger partial charge in [0.2, 0.25) is 0 Å². The Kier molecular flexibility index (Phi) is 9.03. The molecule has 2 N–H and O–H groups in total. The van der Waals surface area contributed by atoms with Crippen LogP contribution in [0.3, 0.4) is 0 Å². The van der Waals surface area contributed by atoms with Gasteiger partial charge in [-0.15, -0.1) is 0 Å². The normalized spacial score (nSPS) is 15.2. The molecule has 2 amide bonds. The van der Waals surface area contributed by atoms with E-state index in [1.807, 2.05) is 49.5 Å². The molecule has 9 nitrogen and oxygen atoms in total. The number of hydrogen-bond acceptors (Lipinski definition) is 7. The molecule has 2 aromatic rings. The van der Waals surface area contributed by atoms with E-state index in [0.717, 1.165) is 43.2 Å². The third kappa shape index (κ3) is 7.16. The zero-order valence-corrected chi connectivity index (χ0v) is 19.7. The third-order valence-corrected chi connectivity index (χ3v) is 5.77. The maximum absolute atomic E-state index is 12.3. The van der Waals surface area contributed by atoms with Gasteiger partial charge in [-0.25, -0.2) is 0 Å². The zero-order valence-electron chi connectivity index (χ0n) is 19.7. The first-order chi connectivity index (χ1) is 16.0. The Morgan fingerprint density at radius 2 is 1.76 bits per heavy atom. The van der Waals surface area contributed by atoms with Gasteiger partial charge >= 0.3 is 11.8 Å². The van der Waals surface area contributed by atoms with Crippen LogP contribution < -0.4 is 20.3 Å². The number of anilines is 1. The Bertz CT molecular complexity index is 883. The van der Waals surface area contributed by atoms with Crippen LogP contribution in [-0.2, 0) is 9.59 Å². The van der Waals surface area contributed by atoms with Crippen molar-refractivity contribution in [1.29, 1.82) is 0 Å². The number of methoxy groups -OCH3 is 1.